The maximum Gasteiger partial charge on any atom is 0.270 e. The Morgan fingerprint density at radius 1 is 1.04 bits per heavy atom. The van der Waals surface area contributed by atoms with E-state index in [2.05, 4.69) is 0 Å². The number of rotatable bonds is 5. The van der Waals surface area contributed by atoms with Crippen LogP contribution >= 0.6 is 11.8 Å². The monoisotopic (exact) mass is 400 g/mol. The number of nitro benzene ring substituents is 1. The molecule has 2 aromatic carbocycles. The average molecular weight is 400 g/mol. The van der Waals surface area contributed by atoms with Gasteiger partial charge >= 0.3 is 0 Å². The van der Waals surface area contributed by atoms with E-state index >= 15 is 0 Å². The first kappa shape index (κ1) is 18.7. The summed E-state index contributed by atoms with van der Waals surface area (Å²) < 4.78 is 54.1. The van der Waals surface area contributed by atoms with Crippen LogP contribution in [0.15, 0.2) is 51.1 Å². The lowest BCUT2D eigenvalue weighted by molar-refractivity contribution is -0.385. The summed E-state index contributed by atoms with van der Waals surface area (Å²) in [5.41, 5.74) is -0.369. The number of non-ortho nitro benzene ring substituents is 1. The van der Waals surface area contributed by atoms with Crippen molar-refractivity contribution in [3.8, 4) is 0 Å². The second kappa shape index (κ2) is 7.29. The first-order chi connectivity index (χ1) is 12.3. The minimum atomic E-state index is -3.95. The molecule has 1 heterocycles. The third kappa shape index (κ3) is 3.71. The fraction of sp³-hybridized carbons (Fsp3) is 0.250. The Kier molecular flexibility index (Phi) is 5.26. The topological polar surface area (TPSA) is 80.5 Å². The van der Waals surface area contributed by atoms with Crippen LogP contribution in [-0.4, -0.2) is 30.7 Å². The molecule has 0 radical (unpaired) electrons. The maximum absolute atomic E-state index is 13.9. The molecule has 0 N–H and O–H groups in total. The fourth-order valence-corrected chi connectivity index (χ4v) is 5.52. The quantitative estimate of drug-likeness (QED) is 0.563. The van der Waals surface area contributed by atoms with E-state index in [4.69, 9.17) is 0 Å². The molecule has 0 saturated carbocycles. The van der Waals surface area contributed by atoms with Crippen molar-refractivity contribution in [2.24, 2.45) is 0 Å². The molecular formula is C16H14F2N2O4S2. The molecule has 0 spiro atoms. The zero-order valence-electron chi connectivity index (χ0n) is 13.4. The van der Waals surface area contributed by atoms with Gasteiger partial charge in [0.1, 0.15) is 16.5 Å². The van der Waals surface area contributed by atoms with Crippen LogP contribution in [0.3, 0.4) is 0 Å². The zero-order valence-corrected chi connectivity index (χ0v) is 15.0. The second-order valence-corrected chi connectivity index (χ2v) is 8.67. The van der Waals surface area contributed by atoms with Crippen LogP contribution in [0.1, 0.15) is 12.8 Å². The molecule has 138 valence electrons. The van der Waals surface area contributed by atoms with Gasteiger partial charge in [0, 0.05) is 41.1 Å². The van der Waals surface area contributed by atoms with Gasteiger partial charge in [0.2, 0.25) is 10.0 Å². The van der Waals surface area contributed by atoms with Gasteiger partial charge in [-0.1, -0.05) is 11.8 Å². The van der Waals surface area contributed by atoms with E-state index in [1.165, 1.54) is 16.4 Å². The van der Waals surface area contributed by atoms with Gasteiger partial charge in [-0.05, 0) is 31.0 Å². The molecule has 0 bridgehead atoms. The molecule has 3 rings (SSSR count). The van der Waals surface area contributed by atoms with Crippen LogP contribution in [0.2, 0.25) is 0 Å². The molecule has 1 saturated heterocycles. The van der Waals surface area contributed by atoms with Gasteiger partial charge in [-0.15, -0.1) is 0 Å². The predicted molar refractivity (Wildman–Crippen MR) is 91.6 cm³/mol. The SMILES string of the molecule is O=[N+]([O-])c1ccc(Sc2ccc(F)cc2F)c(S(=O)(=O)N2CCCC2)c1. The number of hydrogen-bond donors (Lipinski definition) is 0. The summed E-state index contributed by atoms with van der Waals surface area (Å²) in [6.45, 7) is 0.667. The van der Waals surface area contributed by atoms with Crippen molar-refractivity contribution in [3.05, 3.63) is 58.1 Å². The van der Waals surface area contributed by atoms with E-state index in [0.717, 1.165) is 30.0 Å². The number of nitrogens with zero attached hydrogens (tertiary/aromatic N) is 2. The summed E-state index contributed by atoms with van der Waals surface area (Å²) in [7, 11) is -3.95. The third-order valence-electron chi connectivity index (χ3n) is 3.93. The summed E-state index contributed by atoms with van der Waals surface area (Å²) in [5.74, 6) is -1.58. The second-order valence-electron chi connectivity index (χ2n) is 5.68. The van der Waals surface area contributed by atoms with Crippen LogP contribution in [0.5, 0.6) is 0 Å². The van der Waals surface area contributed by atoms with Gasteiger partial charge in [0.25, 0.3) is 5.69 Å². The van der Waals surface area contributed by atoms with Crippen molar-refractivity contribution in [2.45, 2.75) is 27.5 Å². The molecule has 0 atom stereocenters. The highest BCUT2D eigenvalue weighted by molar-refractivity contribution is 8.00. The first-order valence-electron chi connectivity index (χ1n) is 7.70. The summed E-state index contributed by atoms with van der Waals surface area (Å²) >= 11 is 0.786. The Bertz CT molecular complexity index is 961. The lowest BCUT2D eigenvalue weighted by Crippen LogP contribution is -2.28. The molecule has 0 amide bonds. The lowest BCUT2D eigenvalue weighted by atomic mass is 10.3. The van der Waals surface area contributed by atoms with Crippen LogP contribution in [0.4, 0.5) is 14.5 Å². The minimum Gasteiger partial charge on any atom is -0.258 e. The number of sulfonamides is 1. The number of benzene rings is 2. The number of nitro groups is 1. The highest BCUT2D eigenvalue weighted by Gasteiger charge is 2.31. The Hall–Kier alpha value is -2.04. The Morgan fingerprint density at radius 2 is 1.69 bits per heavy atom. The van der Waals surface area contributed by atoms with E-state index in [-0.39, 0.29) is 20.4 Å². The number of halogens is 2. The standard InChI is InChI=1S/C16H14F2N2O4S2/c17-11-3-5-14(13(18)9-11)25-15-6-4-12(20(21)22)10-16(15)26(23,24)19-7-1-2-8-19/h3-6,9-10H,1-2,7-8H2. The van der Waals surface area contributed by atoms with E-state index in [0.29, 0.717) is 32.0 Å². The molecule has 1 aliphatic rings. The van der Waals surface area contributed by atoms with Gasteiger partial charge in [0.15, 0.2) is 0 Å². The Morgan fingerprint density at radius 3 is 2.31 bits per heavy atom. The van der Waals surface area contributed by atoms with E-state index in [9.17, 15) is 27.3 Å². The van der Waals surface area contributed by atoms with Crippen LogP contribution in [-0.2, 0) is 10.0 Å². The molecule has 2 aromatic rings. The smallest absolute Gasteiger partial charge is 0.258 e. The van der Waals surface area contributed by atoms with Crippen molar-refractivity contribution in [3.63, 3.8) is 0 Å². The van der Waals surface area contributed by atoms with Crippen molar-refractivity contribution in [1.29, 1.82) is 0 Å². The first-order valence-corrected chi connectivity index (χ1v) is 9.96. The van der Waals surface area contributed by atoms with E-state index in [1.54, 1.807) is 0 Å². The molecular weight excluding hydrogens is 386 g/mol. The highest BCUT2D eigenvalue weighted by atomic mass is 32.2. The predicted octanol–water partition coefficient (Wildman–Crippen LogP) is 3.81. The summed E-state index contributed by atoms with van der Waals surface area (Å²) in [6, 6.07) is 6.37. The van der Waals surface area contributed by atoms with Crippen molar-refractivity contribution < 1.29 is 22.1 Å². The molecule has 0 aliphatic carbocycles. The minimum absolute atomic E-state index is 0.0260. The van der Waals surface area contributed by atoms with Crippen molar-refractivity contribution in [1.82, 2.24) is 4.31 Å². The maximum atomic E-state index is 13.9. The molecule has 6 nitrogen and oxygen atoms in total. The number of hydrogen-bond acceptors (Lipinski definition) is 5. The van der Waals surface area contributed by atoms with Crippen molar-refractivity contribution >= 4 is 27.5 Å². The fourth-order valence-electron chi connectivity index (χ4n) is 2.64. The van der Waals surface area contributed by atoms with Gasteiger partial charge in [0.05, 0.1) is 4.92 Å². The van der Waals surface area contributed by atoms with Gasteiger partial charge in [-0.25, -0.2) is 17.2 Å². The van der Waals surface area contributed by atoms with Gasteiger partial charge < -0.3 is 0 Å². The van der Waals surface area contributed by atoms with Gasteiger partial charge in [-0.2, -0.15) is 4.31 Å². The van der Waals surface area contributed by atoms with Gasteiger partial charge in [-0.3, -0.25) is 10.1 Å². The average Bonchev–Trinajstić information content (AvgIpc) is 3.12. The van der Waals surface area contributed by atoms with Crippen LogP contribution < -0.4 is 0 Å². The third-order valence-corrected chi connectivity index (χ3v) is 7.13. The summed E-state index contributed by atoms with van der Waals surface area (Å²) in [5, 5.41) is 11.1. The Balaban J connectivity index is 2.08. The molecule has 0 unspecified atom stereocenters. The molecule has 1 aliphatic heterocycles. The zero-order chi connectivity index (χ0) is 18.9. The Labute approximate surface area is 153 Å². The molecule has 10 heteroatoms. The molecule has 1 fully saturated rings. The van der Waals surface area contributed by atoms with E-state index in [1.807, 2.05) is 0 Å². The van der Waals surface area contributed by atoms with Crippen LogP contribution in [0.25, 0.3) is 0 Å². The summed E-state index contributed by atoms with van der Waals surface area (Å²) in [4.78, 5) is 10.3. The normalized spacial score (nSPS) is 15.3. The molecule has 0 aromatic heterocycles. The lowest BCUT2D eigenvalue weighted by Gasteiger charge is -2.18. The van der Waals surface area contributed by atoms with E-state index < -0.39 is 26.6 Å². The highest BCUT2D eigenvalue weighted by Crippen LogP contribution is 2.38. The molecule has 26 heavy (non-hydrogen) atoms. The van der Waals surface area contributed by atoms with Crippen LogP contribution in [0, 0.1) is 21.7 Å². The summed E-state index contributed by atoms with van der Waals surface area (Å²) in [6.07, 6.45) is 1.42. The largest absolute Gasteiger partial charge is 0.270 e. The van der Waals surface area contributed by atoms with Crippen molar-refractivity contribution in [2.75, 3.05) is 13.1 Å².